The van der Waals surface area contributed by atoms with Gasteiger partial charge in [-0.05, 0) is 17.7 Å². The Hall–Kier alpha value is -0.380. The molecule has 0 bridgehead atoms. The summed E-state index contributed by atoms with van der Waals surface area (Å²) in [7, 11) is -0.678. The van der Waals surface area contributed by atoms with E-state index >= 15 is 0 Å². The van der Waals surface area contributed by atoms with E-state index in [1.807, 2.05) is 31.2 Å². The predicted molar refractivity (Wildman–Crippen MR) is 66.7 cm³/mol. The third-order valence-electron chi connectivity index (χ3n) is 2.05. The van der Waals surface area contributed by atoms with E-state index in [1.54, 1.807) is 0 Å². The van der Waals surface area contributed by atoms with Crippen LogP contribution < -0.4 is 5.32 Å². The lowest BCUT2D eigenvalue weighted by molar-refractivity contribution is 0.674. The summed E-state index contributed by atoms with van der Waals surface area (Å²) < 4.78 is 11.1. The fourth-order valence-electron chi connectivity index (χ4n) is 1.21. The molecule has 2 nitrogen and oxygen atoms in total. The lowest BCUT2D eigenvalue weighted by Gasteiger charge is -2.04. The van der Waals surface area contributed by atoms with Gasteiger partial charge in [0, 0.05) is 40.4 Å². The molecule has 0 saturated carbocycles. The van der Waals surface area contributed by atoms with Crippen LogP contribution in [0.1, 0.15) is 12.5 Å². The third-order valence-corrected chi connectivity index (χ3v) is 3.59. The van der Waals surface area contributed by atoms with E-state index in [4.69, 9.17) is 11.6 Å². The second-order valence-electron chi connectivity index (χ2n) is 3.24. The molecule has 0 aliphatic rings. The van der Waals surface area contributed by atoms with Crippen LogP contribution in [0.2, 0.25) is 5.02 Å². The fourth-order valence-corrected chi connectivity index (χ4v) is 2.08. The van der Waals surface area contributed by atoms with Crippen LogP contribution in [-0.2, 0) is 17.3 Å². The fraction of sp³-hybridized carbons (Fsp3) is 0.455. The standard InChI is InChI=1S/C11H16ClNOS/c1-2-15(14)7-6-13-9-10-4-3-5-11(12)8-10/h3-5,8,13H,2,6-7,9H2,1H3. The van der Waals surface area contributed by atoms with Crippen molar-refractivity contribution in [3.05, 3.63) is 34.9 Å². The van der Waals surface area contributed by atoms with Crippen LogP contribution in [0.4, 0.5) is 0 Å². The molecule has 0 amide bonds. The van der Waals surface area contributed by atoms with Crippen molar-refractivity contribution in [3.63, 3.8) is 0 Å². The number of halogens is 1. The summed E-state index contributed by atoms with van der Waals surface area (Å²) in [5.41, 5.74) is 1.16. The Morgan fingerprint density at radius 3 is 2.93 bits per heavy atom. The monoisotopic (exact) mass is 245 g/mol. The van der Waals surface area contributed by atoms with E-state index in [0.29, 0.717) is 0 Å². The van der Waals surface area contributed by atoms with Crippen molar-refractivity contribution in [3.8, 4) is 0 Å². The maximum atomic E-state index is 11.1. The second kappa shape index (κ2) is 6.99. The molecule has 0 heterocycles. The van der Waals surface area contributed by atoms with E-state index in [2.05, 4.69) is 5.32 Å². The van der Waals surface area contributed by atoms with Gasteiger partial charge in [-0.15, -0.1) is 0 Å². The third kappa shape index (κ3) is 5.30. The number of nitrogens with one attached hydrogen (secondary N) is 1. The second-order valence-corrected chi connectivity index (χ2v) is 5.54. The van der Waals surface area contributed by atoms with Crippen molar-refractivity contribution in [1.29, 1.82) is 0 Å². The minimum Gasteiger partial charge on any atom is -0.312 e. The smallest absolute Gasteiger partial charge is 0.0409 e. The van der Waals surface area contributed by atoms with Gasteiger partial charge in [-0.3, -0.25) is 4.21 Å². The van der Waals surface area contributed by atoms with Crippen molar-refractivity contribution < 1.29 is 4.21 Å². The molecule has 1 N–H and O–H groups in total. The number of hydrogen-bond donors (Lipinski definition) is 1. The van der Waals surface area contributed by atoms with Crippen LogP contribution in [0.25, 0.3) is 0 Å². The van der Waals surface area contributed by atoms with Gasteiger partial charge in [-0.2, -0.15) is 0 Å². The summed E-state index contributed by atoms with van der Waals surface area (Å²) in [6.45, 7) is 3.50. The summed E-state index contributed by atoms with van der Waals surface area (Å²) in [6, 6.07) is 7.75. The molecule has 4 heteroatoms. The first-order chi connectivity index (χ1) is 7.22. The van der Waals surface area contributed by atoms with Crippen LogP contribution in [-0.4, -0.2) is 22.3 Å². The van der Waals surface area contributed by atoms with Gasteiger partial charge >= 0.3 is 0 Å². The Morgan fingerprint density at radius 2 is 2.27 bits per heavy atom. The molecule has 1 unspecified atom stereocenters. The molecule has 0 spiro atoms. The zero-order valence-corrected chi connectivity index (χ0v) is 10.4. The molecule has 1 rings (SSSR count). The SMILES string of the molecule is CCS(=O)CCNCc1cccc(Cl)c1. The average Bonchev–Trinajstić information content (AvgIpc) is 2.24. The molecular formula is C11H16ClNOS. The van der Waals surface area contributed by atoms with Crippen molar-refractivity contribution in [1.82, 2.24) is 5.32 Å². The van der Waals surface area contributed by atoms with Gasteiger partial charge in [0.15, 0.2) is 0 Å². The number of hydrogen-bond acceptors (Lipinski definition) is 2. The zero-order valence-electron chi connectivity index (χ0n) is 8.83. The molecule has 1 aromatic carbocycles. The highest BCUT2D eigenvalue weighted by atomic mass is 35.5. The predicted octanol–water partition coefficient (Wildman–Crippen LogP) is 2.20. The average molecular weight is 246 g/mol. The molecule has 0 aliphatic heterocycles. The van der Waals surface area contributed by atoms with Crippen molar-refractivity contribution in [2.75, 3.05) is 18.1 Å². The lowest BCUT2D eigenvalue weighted by atomic mass is 10.2. The quantitative estimate of drug-likeness (QED) is 0.779. The molecule has 1 aromatic rings. The molecular weight excluding hydrogens is 230 g/mol. The molecule has 0 saturated heterocycles. The molecule has 0 aromatic heterocycles. The normalized spacial score (nSPS) is 12.7. The topological polar surface area (TPSA) is 29.1 Å². The summed E-state index contributed by atoms with van der Waals surface area (Å²) in [5, 5.41) is 4.00. The van der Waals surface area contributed by atoms with E-state index in [1.165, 1.54) is 0 Å². The van der Waals surface area contributed by atoms with Gasteiger partial charge in [0.05, 0.1) is 0 Å². The summed E-state index contributed by atoms with van der Waals surface area (Å²) >= 11 is 5.85. The van der Waals surface area contributed by atoms with Crippen molar-refractivity contribution in [2.24, 2.45) is 0 Å². The van der Waals surface area contributed by atoms with Crippen LogP contribution in [0.5, 0.6) is 0 Å². The van der Waals surface area contributed by atoms with Gasteiger partial charge < -0.3 is 5.32 Å². The summed E-state index contributed by atoms with van der Waals surface area (Å²) in [5.74, 6) is 1.45. The molecule has 15 heavy (non-hydrogen) atoms. The minimum atomic E-state index is -0.678. The Labute approximate surface area is 98.5 Å². The van der Waals surface area contributed by atoms with Crippen molar-refractivity contribution in [2.45, 2.75) is 13.5 Å². The van der Waals surface area contributed by atoms with E-state index in [0.717, 1.165) is 35.2 Å². The minimum absolute atomic E-state index is 0.678. The maximum Gasteiger partial charge on any atom is 0.0409 e. The first-order valence-electron chi connectivity index (χ1n) is 5.02. The van der Waals surface area contributed by atoms with Crippen LogP contribution in [0.15, 0.2) is 24.3 Å². The highest BCUT2D eigenvalue weighted by molar-refractivity contribution is 7.84. The molecule has 0 radical (unpaired) electrons. The summed E-state index contributed by atoms with van der Waals surface area (Å²) in [6.07, 6.45) is 0. The van der Waals surface area contributed by atoms with Gasteiger partial charge in [0.25, 0.3) is 0 Å². The number of rotatable bonds is 6. The molecule has 0 fully saturated rings. The lowest BCUT2D eigenvalue weighted by Crippen LogP contribution is -2.20. The highest BCUT2D eigenvalue weighted by Gasteiger charge is 1.96. The van der Waals surface area contributed by atoms with Gasteiger partial charge in [-0.1, -0.05) is 30.7 Å². The number of benzene rings is 1. The van der Waals surface area contributed by atoms with Crippen molar-refractivity contribution >= 4 is 22.4 Å². The first kappa shape index (κ1) is 12.7. The summed E-state index contributed by atoms with van der Waals surface area (Å²) in [4.78, 5) is 0. The largest absolute Gasteiger partial charge is 0.312 e. The maximum absolute atomic E-state index is 11.1. The van der Waals surface area contributed by atoms with E-state index < -0.39 is 10.8 Å². The van der Waals surface area contributed by atoms with E-state index in [-0.39, 0.29) is 0 Å². The Kier molecular flexibility index (Phi) is 5.91. The van der Waals surface area contributed by atoms with Gasteiger partial charge in [0.1, 0.15) is 0 Å². The highest BCUT2D eigenvalue weighted by Crippen LogP contribution is 2.09. The first-order valence-corrected chi connectivity index (χ1v) is 6.89. The molecule has 84 valence electrons. The van der Waals surface area contributed by atoms with Crippen LogP contribution in [0.3, 0.4) is 0 Å². The van der Waals surface area contributed by atoms with Gasteiger partial charge in [0.2, 0.25) is 0 Å². The molecule has 0 aliphatic carbocycles. The zero-order chi connectivity index (χ0) is 11.1. The van der Waals surface area contributed by atoms with Gasteiger partial charge in [-0.25, -0.2) is 0 Å². The Morgan fingerprint density at radius 1 is 1.47 bits per heavy atom. The Bertz CT molecular complexity index is 330. The van der Waals surface area contributed by atoms with Crippen LogP contribution in [0, 0.1) is 0 Å². The Balaban J connectivity index is 2.23. The van der Waals surface area contributed by atoms with E-state index in [9.17, 15) is 4.21 Å². The van der Waals surface area contributed by atoms with Crippen LogP contribution >= 0.6 is 11.6 Å². The molecule has 1 atom stereocenters.